The number of benzene rings is 1. The van der Waals surface area contributed by atoms with Gasteiger partial charge in [-0.2, -0.15) is 0 Å². The third kappa shape index (κ3) is 2.35. The molecule has 10 heavy (non-hydrogen) atoms. The fourth-order valence-corrected chi connectivity index (χ4v) is 0.739. The first kappa shape index (κ1) is 7.54. The molecule has 0 bridgehead atoms. The number of rotatable bonds is 3. The summed E-state index contributed by atoms with van der Waals surface area (Å²) in [7, 11) is 0. The molecule has 0 amide bonds. The molecule has 0 aliphatic rings. The van der Waals surface area contributed by atoms with Crippen molar-refractivity contribution < 1.29 is 4.84 Å². The van der Waals surface area contributed by atoms with Gasteiger partial charge in [-0.15, -0.1) is 5.00 Å². The summed E-state index contributed by atoms with van der Waals surface area (Å²) in [6.45, 7) is 0.490. The maximum Gasteiger partial charge on any atom is 0.0948 e. The third-order valence-corrected chi connectivity index (χ3v) is 1.25. The van der Waals surface area contributed by atoms with E-state index in [1.165, 1.54) is 0 Å². The molecule has 0 unspecified atom stereocenters. The highest BCUT2D eigenvalue weighted by Crippen LogP contribution is 1.98. The van der Waals surface area contributed by atoms with E-state index in [0.717, 1.165) is 5.56 Å². The van der Waals surface area contributed by atoms with Crippen LogP contribution in [0.15, 0.2) is 30.3 Å². The molecule has 0 spiro atoms. The number of halogens is 1. The average Bonchev–Trinajstić information content (AvgIpc) is 2.03. The lowest BCUT2D eigenvalue weighted by Gasteiger charge is -1.97. The summed E-state index contributed by atoms with van der Waals surface area (Å²) in [4.78, 5) is 6.82. The molecule has 0 atom stereocenters. The molecular formula is C7H8ClNO. The van der Waals surface area contributed by atoms with Crippen molar-refractivity contribution in [1.29, 1.82) is 0 Å². The van der Waals surface area contributed by atoms with Crippen LogP contribution < -0.4 is 5.00 Å². The molecule has 0 saturated carbocycles. The van der Waals surface area contributed by atoms with Gasteiger partial charge in [0.2, 0.25) is 0 Å². The maximum atomic E-state index is 5.08. The van der Waals surface area contributed by atoms with Crippen molar-refractivity contribution in [2.45, 2.75) is 6.61 Å². The fraction of sp³-hybridized carbons (Fsp3) is 0.143. The molecule has 0 fully saturated rings. The van der Waals surface area contributed by atoms with Crippen LogP contribution in [0.1, 0.15) is 5.56 Å². The number of hydrogen-bond donors (Lipinski definition) is 1. The van der Waals surface area contributed by atoms with Crippen molar-refractivity contribution >= 4 is 11.8 Å². The summed E-state index contributed by atoms with van der Waals surface area (Å²) in [5, 5.41) is 0. The monoisotopic (exact) mass is 157 g/mol. The van der Waals surface area contributed by atoms with Crippen LogP contribution in [0.5, 0.6) is 0 Å². The molecular weight excluding hydrogens is 150 g/mol. The second kappa shape index (κ2) is 4.28. The predicted molar refractivity (Wildman–Crippen MR) is 40.2 cm³/mol. The molecule has 1 N–H and O–H groups in total. The molecule has 2 nitrogen and oxygen atoms in total. The van der Waals surface area contributed by atoms with Gasteiger partial charge in [0.15, 0.2) is 0 Å². The SMILES string of the molecule is ClNOCc1ccccc1. The maximum absolute atomic E-state index is 5.08. The summed E-state index contributed by atoms with van der Waals surface area (Å²) in [5.74, 6) is 0. The van der Waals surface area contributed by atoms with Crippen molar-refractivity contribution in [1.82, 2.24) is 5.00 Å². The highest BCUT2D eigenvalue weighted by Gasteiger charge is 1.87. The van der Waals surface area contributed by atoms with E-state index in [-0.39, 0.29) is 0 Å². The smallest absolute Gasteiger partial charge is 0.0948 e. The van der Waals surface area contributed by atoms with E-state index in [9.17, 15) is 0 Å². The van der Waals surface area contributed by atoms with Crippen LogP contribution in [-0.4, -0.2) is 0 Å². The van der Waals surface area contributed by atoms with Crippen LogP contribution in [0.2, 0.25) is 0 Å². The van der Waals surface area contributed by atoms with Gasteiger partial charge in [0.1, 0.15) is 0 Å². The van der Waals surface area contributed by atoms with Gasteiger partial charge in [0.05, 0.1) is 6.61 Å². The number of hydrogen-bond acceptors (Lipinski definition) is 2. The summed E-state index contributed by atoms with van der Waals surface area (Å²) >= 11 is 5.08. The van der Waals surface area contributed by atoms with E-state index in [4.69, 9.17) is 16.6 Å². The quantitative estimate of drug-likeness (QED) is 0.534. The molecule has 1 aromatic carbocycles. The first-order valence-electron chi connectivity index (χ1n) is 2.95. The Labute approximate surface area is 64.8 Å². The summed E-state index contributed by atoms with van der Waals surface area (Å²) < 4.78 is 0. The summed E-state index contributed by atoms with van der Waals surface area (Å²) in [6.07, 6.45) is 0. The highest BCUT2D eigenvalue weighted by molar-refractivity contribution is 6.12. The van der Waals surface area contributed by atoms with Crippen molar-refractivity contribution in [3.63, 3.8) is 0 Å². The molecule has 0 saturated heterocycles. The Kier molecular flexibility index (Phi) is 3.22. The Morgan fingerprint density at radius 1 is 1.30 bits per heavy atom. The number of nitrogens with one attached hydrogen (secondary N) is 1. The van der Waals surface area contributed by atoms with Gasteiger partial charge in [-0.3, -0.25) is 4.84 Å². The lowest BCUT2D eigenvalue weighted by atomic mass is 10.2. The highest BCUT2D eigenvalue weighted by atomic mass is 35.5. The van der Waals surface area contributed by atoms with Crippen molar-refractivity contribution in [2.24, 2.45) is 0 Å². The molecule has 0 radical (unpaired) electrons. The average molecular weight is 158 g/mol. The minimum absolute atomic E-state index is 0.490. The van der Waals surface area contributed by atoms with Crippen LogP contribution in [0.3, 0.4) is 0 Å². The van der Waals surface area contributed by atoms with Crippen LogP contribution >= 0.6 is 11.8 Å². The van der Waals surface area contributed by atoms with Crippen molar-refractivity contribution in [3.8, 4) is 0 Å². The predicted octanol–water partition coefficient (Wildman–Crippen LogP) is 1.86. The molecule has 0 aliphatic heterocycles. The molecule has 0 heterocycles. The van der Waals surface area contributed by atoms with Crippen LogP contribution in [0.4, 0.5) is 0 Å². The van der Waals surface area contributed by atoms with E-state index < -0.39 is 0 Å². The fourth-order valence-electron chi connectivity index (χ4n) is 0.685. The second-order valence-corrected chi connectivity index (χ2v) is 2.01. The van der Waals surface area contributed by atoms with E-state index in [2.05, 4.69) is 5.00 Å². The summed E-state index contributed by atoms with van der Waals surface area (Å²) in [5.41, 5.74) is 1.09. The lowest BCUT2D eigenvalue weighted by Crippen LogP contribution is -1.99. The zero-order valence-electron chi connectivity index (χ0n) is 5.38. The van der Waals surface area contributed by atoms with E-state index in [1.54, 1.807) is 0 Å². The Morgan fingerprint density at radius 3 is 2.60 bits per heavy atom. The standard InChI is InChI=1S/C7H8ClNO/c8-9-10-6-7-4-2-1-3-5-7/h1-5,9H,6H2. The Balaban J connectivity index is 2.43. The lowest BCUT2D eigenvalue weighted by molar-refractivity contribution is 0.0817. The normalized spacial score (nSPS) is 9.70. The first-order valence-corrected chi connectivity index (χ1v) is 3.32. The van der Waals surface area contributed by atoms with Gasteiger partial charge in [-0.1, -0.05) is 30.3 Å². The minimum atomic E-state index is 0.490. The largest absolute Gasteiger partial charge is 0.282 e. The van der Waals surface area contributed by atoms with E-state index in [1.807, 2.05) is 30.3 Å². The van der Waals surface area contributed by atoms with Gasteiger partial charge >= 0.3 is 0 Å². The van der Waals surface area contributed by atoms with Crippen LogP contribution in [0, 0.1) is 0 Å². The summed E-state index contributed by atoms with van der Waals surface area (Å²) in [6, 6.07) is 9.79. The van der Waals surface area contributed by atoms with Gasteiger partial charge in [-0.05, 0) is 5.56 Å². The van der Waals surface area contributed by atoms with Gasteiger partial charge in [-0.25, -0.2) is 0 Å². The van der Waals surface area contributed by atoms with Gasteiger partial charge < -0.3 is 0 Å². The zero-order valence-corrected chi connectivity index (χ0v) is 6.14. The van der Waals surface area contributed by atoms with Crippen molar-refractivity contribution in [2.75, 3.05) is 0 Å². The Morgan fingerprint density at radius 2 is 2.00 bits per heavy atom. The molecule has 0 aromatic heterocycles. The van der Waals surface area contributed by atoms with E-state index >= 15 is 0 Å². The minimum Gasteiger partial charge on any atom is -0.282 e. The van der Waals surface area contributed by atoms with Gasteiger partial charge in [0, 0.05) is 11.8 Å². The molecule has 1 aromatic rings. The Hall–Kier alpha value is -0.570. The van der Waals surface area contributed by atoms with Crippen LogP contribution in [0.25, 0.3) is 0 Å². The zero-order chi connectivity index (χ0) is 7.23. The topological polar surface area (TPSA) is 21.3 Å². The van der Waals surface area contributed by atoms with Crippen LogP contribution in [-0.2, 0) is 11.4 Å². The van der Waals surface area contributed by atoms with Gasteiger partial charge in [0.25, 0.3) is 0 Å². The Bertz CT molecular complexity index is 178. The molecule has 3 heteroatoms. The van der Waals surface area contributed by atoms with Crippen molar-refractivity contribution in [3.05, 3.63) is 35.9 Å². The molecule has 1 rings (SSSR count). The second-order valence-electron chi connectivity index (χ2n) is 1.85. The molecule has 54 valence electrons. The first-order chi connectivity index (χ1) is 4.93. The molecule has 0 aliphatic carbocycles. The third-order valence-electron chi connectivity index (χ3n) is 1.14. The van der Waals surface area contributed by atoms with E-state index in [0.29, 0.717) is 6.61 Å².